The van der Waals surface area contributed by atoms with Crippen LogP contribution in [0.2, 0.25) is 0 Å². The first-order valence-corrected chi connectivity index (χ1v) is 6.26. The van der Waals surface area contributed by atoms with Gasteiger partial charge >= 0.3 is 5.97 Å². The van der Waals surface area contributed by atoms with Gasteiger partial charge in [0, 0.05) is 24.1 Å². The number of hydrogen-bond donors (Lipinski definition) is 0. The minimum atomic E-state index is -0.360. The Labute approximate surface area is 118 Å². The molecule has 0 unspecified atom stereocenters. The van der Waals surface area contributed by atoms with Crippen molar-refractivity contribution in [2.75, 3.05) is 0 Å². The van der Waals surface area contributed by atoms with E-state index in [-0.39, 0.29) is 5.97 Å². The standard InChI is InChI=1S/C18H14O2/c1-15(19)20-18(17-12-6-3-7-13-17)14-8-11-16-9-4-2-5-10-16/h2-7,9-10,12-14H,1H3. The summed E-state index contributed by atoms with van der Waals surface area (Å²) in [6.07, 6.45) is 1.61. The van der Waals surface area contributed by atoms with Crippen molar-refractivity contribution < 1.29 is 9.53 Å². The molecule has 98 valence electrons. The molecule has 0 aromatic heterocycles. The fourth-order valence-corrected chi connectivity index (χ4v) is 1.64. The van der Waals surface area contributed by atoms with Crippen LogP contribution in [0.1, 0.15) is 18.1 Å². The van der Waals surface area contributed by atoms with Crippen LogP contribution in [-0.2, 0) is 9.53 Å². The maximum atomic E-state index is 11.1. The van der Waals surface area contributed by atoms with E-state index in [1.807, 2.05) is 60.7 Å². The molecule has 2 nitrogen and oxygen atoms in total. The van der Waals surface area contributed by atoms with Gasteiger partial charge in [-0.25, -0.2) is 0 Å². The Morgan fingerprint density at radius 3 is 2.20 bits per heavy atom. The second-order valence-corrected chi connectivity index (χ2v) is 4.10. The molecule has 0 fully saturated rings. The lowest BCUT2D eigenvalue weighted by Gasteiger charge is -2.05. The van der Waals surface area contributed by atoms with Crippen molar-refractivity contribution >= 4 is 11.7 Å². The van der Waals surface area contributed by atoms with Crippen molar-refractivity contribution in [3.63, 3.8) is 0 Å². The summed E-state index contributed by atoms with van der Waals surface area (Å²) >= 11 is 0. The van der Waals surface area contributed by atoms with E-state index < -0.39 is 0 Å². The maximum Gasteiger partial charge on any atom is 0.308 e. The Bertz CT molecular complexity index is 659. The van der Waals surface area contributed by atoms with Crippen LogP contribution in [0.25, 0.3) is 5.76 Å². The largest absolute Gasteiger partial charge is 0.425 e. The lowest BCUT2D eigenvalue weighted by atomic mass is 10.1. The van der Waals surface area contributed by atoms with Crippen LogP contribution in [0.5, 0.6) is 0 Å². The Balaban J connectivity index is 2.26. The first kappa shape index (κ1) is 13.6. The summed E-state index contributed by atoms with van der Waals surface area (Å²) in [5, 5.41) is 0. The van der Waals surface area contributed by atoms with Gasteiger partial charge in [-0.2, -0.15) is 0 Å². The summed E-state index contributed by atoms with van der Waals surface area (Å²) < 4.78 is 5.19. The molecule has 0 atom stereocenters. The average molecular weight is 262 g/mol. The summed E-state index contributed by atoms with van der Waals surface area (Å²) in [5.74, 6) is 6.02. The quantitative estimate of drug-likeness (QED) is 0.469. The number of benzene rings is 2. The van der Waals surface area contributed by atoms with E-state index in [9.17, 15) is 4.79 Å². The van der Waals surface area contributed by atoms with E-state index >= 15 is 0 Å². The number of allylic oxidation sites excluding steroid dienone is 1. The lowest BCUT2D eigenvalue weighted by molar-refractivity contribution is -0.134. The van der Waals surface area contributed by atoms with Crippen molar-refractivity contribution in [3.8, 4) is 11.8 Å². The fourth-order valence-electron chi connectivity index (χ4n) is 1.64. The van der Waals surface area contributed by atoms with E-state index in [4.69, 9.17) is 4.74 Å². The Morgan fingerprint density at radius 1 is 1.00 bits per heavy atom. The molecular weight excluding hydrogens is 248 g/mol. The normalized spacial score (nSPS) is 10.3. The molecule has 0 spiro atoms. The van der Waals surface area contributed by atoms with Crippen molar-refractivity contribution in [2.24, 2.45) is 0 Å². The third-order valence-corrected chi connectivity index (χ3v) is 2.51. The van der Waals surface area contributed by atoms with Crippen LogP contribution < -0.4 is 0 Å². The van der Waals surface area contributed by atoms with Gasteiger partial charge in [-0.15, -0.1) is 0 Å². The molecule has 0 saturated heterocycles. The Morgan fingerprint density at radius 2 is 1.60 bits per heavy atom. The molecule has 0 aliphatic carbocycles. The molecule has 2 aromatic rings. The zero-order valence-corrected chi connectivity index (χ0v) is 11.2. The number of ether oxygens (including phenoxy) is 1. The maximum absolute atomic E-state index is 11.1. The molecule has 0 radical (unpaired) electrons. The first-order chi connectivity index (χ1) is 9.75. The van der Waals surface area contributed by atoms with Gasteiger partial charge in [-0.05, 0) is 12.1 Å². The monoisotopic (exact) mass is 262 g/mol. The summed E-state index contributed by atoms with van der Waals surface area (Å²) in [4.78, 5) is 11.1. The summed E-state index contributed by atoms with van der Waals surface area (Å²) in [5.41, 5.74) is 1.74. The molecule has 2 rings (SSSR count). The van der Waals surface area contributed by atoms with Gasteiger partial charge in [-0.1, -0.05) is 60.4 Å². The van der Waals surface area contributed by atoms with Crippen molar-refractivity contribution in [2.45, 2.75) is 6.92 Å². The second-order valence-electron chi connectivity index (χ2n) is 4.10. The van der Waals surface area contributed by atoms with Crippen LogP contribution in [-0.4, -0.2) is 5.97 Å². The predicted molar refractivity (Wildman–Crippen MR) is 79.5 cm³/mol. The molecule has 0 aliphatic heterocycles. The van der Waals surface area contributed by atoms with Crippen molar-refractivity contribution in [3.05, 3.63) is 77.9 Å². The lowest BCUT2D eigenvalue weighted by Crippen LogP contribution is -1.98. The molecule has 0 bridgehead atoms. The molecule has 0 N–H and O–H groups in total. The highest BCUT2D eigenvalue weighted by atomic mass is 16.5. The van der Waals surface area contributed by atoms with Gasteiger partial charge in [0.1, 0.15) is 5.76 Å². The molecular formula is C18H14O2. The summed E-state index contributed by atoms with van der Waals surface area (Å²) in [6.45, 7) is 1.38. The third-order valence-electron chi connectivity index (χ3n) is 2.51. The van der Waals surface area contributed by atoms with Gasteiger partial charge in [0.25, 0.3) is 0 Å². The van der Waals surface area contributed by atoms with Gasteiger partial charge < -0.3 is 4.74 Å². The Kier molecular flexibility index (Phi) is 4.75. The summed E-state index contributed by atoms with van der Waals surface area (Å²) in [7, 11) is 0. The van der Waals surface area contributed by atoms with Gasteiger partial charge in [-0.3, -0.25) is 4.79 Å². The van der Waals surface area contributed by atoms with E-state index in [0.717, 1.165) is 11.1 Å². The second kappa shape index (κ2) is 6.96. The summed E-state index contributed by atoms with van der Waals surface area (Å²) in [6, 6.07) is 19.1. The number of carbonyl (C=O) groups excluding carboxylic acids is 1. The van der Waals surface area contributed by atoms with Crippen molar-refractivity contribution in [1.29, 1.82) is 0 Å². The molecule has 0 saturated carbocycles. The van der Waals surface area contributed by atoms with Crippen LogP contribution >= 0.6 is 0 Å². The van der Waals surface area contributed by atoms with E-state index in [1.54, 1.807) is 6.08 Å². The van der Waals surface area contributed by atoms with E-state index in [2.05, 4.69) is 11.8 Å². The van der Waals surface area contributed by atoms with Gasteiger partial charge in [0.15, 0.2) is 0 Å². The van der Waals surface area contributed by atoms with Crippen LogP contribution in [0.15, 0.2) is 66.7 Å². The molecule has 2 aromatic carbocycles. The molecule has 20 heavy (non-hydrogen) atoms. The average Bonchev–Trinajstić information content (AvgIpc) is 2.48. The van der Waals surface area contributed by atoms with Crippen molar-refractivity contribution in [1.82, 2.24) is 0 Å². The van der Waals surface area contributed by atoms with Crippen LogP contribution in [0, 0.1) is 11.8 Å². The highest BCUT2D eigenvalue weighted by Gasteiger charge is 2.03. The minimum absolute atomic E-state index is 0.360. The van der Waals surface area contributed by atoms with Gasteiger partial charge in [0.05, 0.1) is 0 Å². The fraction of sp³-hybridized carbons (Fsp3) is 0.0556. The SMILES string of the molecule is CC(=O)OC(=CC#Cc1ccccc1)c1ccccc1. The highest BCUT2D eigenvalue weighted by Crippen LogP contribution is 2.15. The van der Waals surface area contributed by atoms with E-state index in [1.165, 1.54) is 6.92 Å². The smallest absolute Gasteiger partial charge is 0.308 e. The predicted octanol–water partition coefficient (Wildman–Crippen LogP) is 3.64. The first-order valence-electron chi connectivity index (χ1n) is 6.26. The van der Waals surface area contributed by atoms with Crippen LogP contribution in [0.4, 0.5) is 0 Å². The van der Waals surface area contributed by atoms with Crippen LogP contribution in [0.3, 0.4) is 0 Å². The minimum Gasteiger partial charge on any atom is -0.425 e. The molecule has 0 heterocycles. The van der Waals surface area contributed by atoms with Gasteiger partial charge in [0.2, 0.25) is 0 Å². The number of carbonyl (C=O) groups is 1. The number of rotatable bonds is 2. The topological polar surface area (TPSA) is 26.3 Å². The molecule has 2 heteroatoms. The Hall–Kier alpha value is -2.79. The molecule has 0 amide bonds. The number of hydrogen-bond acceptors (Lipinski definition) is 2. The third kappa shape index (κ3) is 4.15. The zero-order chi connectivity index (χ0) is 14.2. The molecule has 0 aliphatic rings. The van der Waals surface area contributed by atoms with E-state index in [0.29, 0.717) is 5.76 Å². The number of esters is 1. The zero-order valence-electron chi connectivity index (χ0n) is 11.2. The highest BCUT2D eigenvalue weighted by molar-refractivity contribution is 5.77.